The summed E-state index contributed by atoms with van der Waals surface area (Å²) in [7, 11) is 0. The molecule has 2 aromatic rings. The predicted octanol–water partition coefficient (Wildman–Crippen LogP) is 3.56. The van der Waals surface area contributed by atoms with Crippen molar-refractivity contribution in [1.82, 2.24) is 15.1 Å². The first-order valence-electron chi connectivity index (χ1n) is 8.44. The van der Waals surface area contributed by atoms with E-state index >= 15 is 0 Å². The van der Waals surface area contributed by atoms with E-state index in [0.717, 1.165) is 36.2 Å². The predicted molar refractivity (Wildman–Crippen MR) is 93.9 cm³/mol. The molecule has 0 saturated heterocycles. The molecular weight excluding hydrogens is 308 g/mol. The molecule has 1 aromatic heterocycles. The Balaban J connectivity index is 1.43. The third kappa shape index (κ3) is 2.86. The van der Waals surface area contributed by atoms with Crippen LogP contribution in [0, 0.1) is 12.8 Å². The van der Waals surface area contributed by atoms with Gasteiger partial charge in [-0.25, -0.2) is 4.68 Å². The molecule has 1 fully saturated rings. The molecule has 1 unspecified atom stereocenters. The molecule has 5 heteroatoms. The van der Waals surface area contributed by atoms with Crippen LogP contribution in [0.15, 0.2) is 30.3 Å². The van der Waals surface area contributed by atoms with Crippen molar-refractivity contribution >= 4 is 17.4 Å². The second-order valence-electron chi connectivity index (χ2n) is 6.92. The lowest BCUT2D eigenvalue weighted by atomic mass is 9.71. The molecule has 4 nitrogen and oxygen atoms in total. The third-order valence-corrected chi connectivity index (χ3v) is 5.49. The summed E-state index contributed by atoms with van der Waals surface area (Å²) in [6.45, 7) is 5.05. The summed E-state index contributed by atoms with van der Waals surface area (Å²) in [5.74, 6) is 1.71. The molecule has 1 aliphatic carbocycles. The smallest absolute Gasteiger partial charge is 0.124 e. The normalized spacial score (nSPS) is 22.1. The van der Waals surface area contributed by atoms with Crippen molar-refractivity contribution in [3.8, 4) is 0 Å². The quantitative estimate of drug-likeness (QED) is 0.900. The van der Waals surface area contributed by atoms with Crippen LogP contribution in [0.5, 0.6) is 0 Å². The molecule has 0 bridgehead atoms. The maximum Gasteiger partial charge on any atom is 0.124 e. The summed E-state index contributed by atoms with van der Waals surface area (Å²) in [5, 5.41) is 12.7. The number of hydrogen-bond donors (Lipinski definition) is 2. The van der Waals surface area contributed by atoms with Crippen LogP contribution in [0.2, 0.25) is 5.02 Å². The second-order valence-corrected chi connectivity index (χ2v) is 7.36. The SMILES string of the molecule is Cc1cc2n(n1)CC(CNC1(c3ccc(Cl)cc3)CCC1)CN2. The van der Waals surface area contributed by atoms with Gasteiger partial charge in [0.25, 0.3) is 0 Å². The molecule has 1 aliphatic heterocycles. The van der Waals surface area contributed by atoms with Gasteiger partial charge < -0.3 is 10.6 Å². The fourth-order valence-electron chi connectivity index (χ4n) is 3.73. The lowest BCUT2D eigenvalue weighted by molar-refractivity contribution is 0.172. The van der Waals surface area contributed by atoms with E-state index in [1.54, 1.807) is 0 Å². The van der Waals surface area contributed by atoms with Gasteiger partial charge >= 0.3 is 0 Å². The largest absolute Gasteiger partial charge is 0.370 e. The molecule has 4 rings (SSSR count). The van der Waals surface area contributed by atoms with E-state index in [-0.39, 0.29) is 5.54 Å². The Labute approximate surface area is 142 Å². The number of anilines is 1. The van der Waals surface area contributed by atoms with Gasteiger partial charge in [-0.05, 0) is 43.9 Å². The zero-order chi connectivity index (χ0) is 15.9. The summed E-state index contributed by atoms with van der Waals surface area (Å²) < 4.78 is 2.10. The van der Waals surface area contributed by atoms with Crippen LogP contribution in [0.1, 0.15) is 30.5 Å². The van der Waals surface area contributed by atoms with Crippen LogP contribution in [-0.4, -0.2) is 22.9 Å². The van der Waals surface area contributed by atoms with Gasteiger partial charge in [0, 0.05) is 42.2 Å². The zero-order valence-corrected chi connectivity index (χ0v) is 14.2. The molecule has 122 valence electrons. The fraction of sp³-hybridized carbons (Fsp3) is 0.500. The molecule has 1 atom stereocenters. The summed E-state index contributed by atoms with van der Waals surface area (Å²) in [4.78, 5) is 0. The topological polar surface area (TPSA) is 41.9 Å². The van der Waals surface area contributed by atoms with Crippen LogP contribution >= 0.6 is 11.6 Å². The van der Waals surface area contributed by atoms with E-state index in [0.29, 0.717) is 5.92 Å². The van der Waals surface area contributed by atoms with Gasteiger partial charge in [-0.2, -0.15) is 5.10 Å². The number of fused-ring (bicyclic) bond motifs is 1. The fourth-order valence-corrected chi connectivity index (χ4v) is 3.85. The highest BCUT2D eigenvalue weighted by molar-refractivity contribution is 6.30. The lowest BCUT2D eigenvalue weighted by Crippen LogP contribution is -2.51. The number of aromatic nitrogens is 2. The van der Waals surface area contributed by atoms with Crippen LogP contribution in [0.25, 0.3) is 0 Å². The molecule has 0 radical (unpaired) electrons. The summed E-state index contributed by atoms with van der Waals surface area (Å²) >= 11 is 6.03. The number of nitrogens with zero attached hydrogens (tertiary/aromatic N) is 2. The molecular formula is C18H23ClN4. The van der Waals surface area contributed by atoms with Crippen LogP contribution in [-0.2, 0) is 12.1 Å². The Hall–Kier alpha value is -1.52. The summed E-state index contributed by atoms with van der Waals surface area (Å²) in [6, 6.07) is 10.5. The molecule has 2 aliphatic rings. The van der Waals surface area contributed by atoms with Crippen LogP contribution in [0.3, 0.4) is 0 Å². The van der Waals surface area contributed by atoms with Crippen molar-refractivity contribution in [3.63, 3.8) is 0 Å². The van der Waals surface area contributed by atoms with Crippen molar-refractivity contribution in [2.24, 2.45) is 5.92 Å². The number of hydrogen-bond acceptors (Lipinski definition) is 3. The van der Waals surface area contributed by atoms with Gasteiger partial charge in [-0.1, -0.05) is 23.7 Å². The van der Waals surface area contributed by atoms with Gasteiger partial charge in [-0.15, -0.1) is 0 Å². The minimum Gasteiger partial charge on any atom is -0.370 e. The third-order valence-electron chi connectivity index (χ3n) is 5.24. The van der Waals surface area contributed by atoms with E-state index in [2.05, 4.69) is 38.6 Å². The number of halogens is 1. The van der Waals surface area contributed by atoms with Gasteiger partial charge in [0.1, 0.15) is 5.82 Å². The maximum atomic E-state index is 6.03. The highest BCUT2D eigenvalue weighted by atomic mass is 35.5. The van der Waals surface area contributed by atoms with Crippen molar-refractivity contribution in [2.45, 2.75) is 38.3 Å². The van der Waals surface area contributed by atoms with E-state index in [4.69, 9.17) is 11.6 Å². The van der Waals surface area contributed by atoms with Crippen molar-refractivity contribution in [2.75, 3.05) is 18.4 Å². The van der Waals surface area contributed by atoms with Crippen molar-refractivity contribution < 1.29 is 0 Å². The average Bonchev–Trinajstić information content (AvgIpc) is 2.87. The highest BCUT2D eigenvalue weighted by Gasteiger charge is 2.38. The Bertz CT molecular complexity index is 688. The maximum absolute atomic E-state index is 6.03. The van der Waals surface area contributed by atoms with Gasteiger partial charge in [0.2, 0.25) is 0 Å². The second kappa shape index (κ2) is 5.84. The van der Waals surface area contributed by atoms with Crippen LogP contribution < -0.4 is 10.6 Å². The lowest BCUT2D eigenvalue weighted by Gasteiger charge is -2.44. The molecule has 1 saturated carbocycles. The Morgan fingerprint density at radius 1 is 1.35 bits per heavy atom. The minimum absolute atomic E-state index is 0.144. The molecule has 0 amide bonds. The molecule has 2 N–H and O–H groups in total. The minimum atomic E-state index is 0.144. The van der Waals surface area contributed by atoms with E-state index < -0.39 is 0 Å². The number of aryl methyl sites for hydroxylation is 1. The highest BCUT2D eigenvalue weighted by Crippen LogP contribution is 2.41. The van der Waals surface area contributed by atoms with Crippen molar-refractivity contribution in [1.29, 1.82) is 0 Å². The van der Waals surface area contributed by atoms with E-state index in [9.17, 15) is 0 Å². The first-order valence-corrected chi connectivity index (χ1v) is 8.82. The monoisotopic (exact) mass is 330 g/mol. The Kier molecular flexibility index (Phi) is 3.82. The first kappa shape index (κ1) is 15.0. The number of rotatable bonds is 4. The Morgan fingerprint density at radius 2 is 2.13 bits per heavy atom. The molecule has 23 heavy (non-hydrogen) atoms. The zero-order valence-electron chi connectivity index (χ0n) is 13.5. The molecule has 0 spiro atoms. The van der Waals surface area contributed by atoms with Gasteiger partial charge in [0.05, 0.1) is 5.69 Å². The average molecular weight is 331 g/mol. The first-order chi connectivity index (χ1) is 11.1. The molecule has 2 heterocycles. The van der Waals surface area contributed by atoms with E-state index in [1.165, 1.54) is 24.8 Å². The summed E-state index contributed by atoms with van der Waals surface area (Å²) in [6.07, 6.45) is 3.71. The van der Waals surface area contributed by atoms with Gasteiger partial charge in [-0.3, -0.25) is 0 Å². The van der Waals surface area contributed by atoms with E-state index in [1.807, 2.05) is 19.1 Å². The Morgan fingerprint density at radius 3 is 2.83 bits per heavy atom. The van der Waals surface area contributed by atoms with Crippen molar-refractivity contribution in [3.05, 3.63) is 46.6 Å². The summed E-state index contributed by atoms with van der Waals surface area (Å²) in [5.41, 5.74) is 2.59. The number of benzene rings is 1. The van der Waals surface area contributed by atoms with Crippen LogP contribution in [0.4, 0.5) is 5.82 Å². The number of nitrogens with one attached hydrogen (secondary N) is 2. The molecule has 1 aromatic carbocycles. The van der Waals surface area contributed by atoms with Gasteiger partial charge in [0.15, 0.2) is 0 Å². The standard InChI is InChI=1S/C18H23ClN4/c1-13-9-17-20-10-14(12-23(17)22-13)11-21-18(7-2-8-18)15-3-5-16(19)6-4-15/h3-6,9,14,20-21H,2,7-8,10-12H2,1H3.